The molecule has 58 valence electrons. The van der Waals surface area contributed by atoms with Crippen molar-refractivity contribution in [3.05, 3.63) is 12.7 Å². The molecule has 0 spiro atoms. The number of likely N-dealkylation sites (tertiary alicyclic amines) is 1. The molecule has 0 radical (unpaired) electrons. The quantitative estimate of drug-likeness (QED) is 0.529. The zero-order valence-corrected chi connectivity index (χ0v) is 6.68. The van der Waals surface area contributed by atoms with Crippen molar-refractivity contribution >= 4 is 0 Å². The molecule has 0 aromatic rings. The topological polar surface area (TPSA) is 3.24 Å². The molecule has 10 heavy (non-hydrogen) atoms. The zero-order chi connectivity index (χ0) is 7.23. The number of rotatable bonds is 2. The van der Waals surface area contributed by atoms with Crippen LogP contribution in [0.2, 0.25) is 0 Å². The fourth-order valence-corrected chi connectivity index (χ4v) is 1.50. The molecule has 1 aliphatic heterocycles. The lowest BCUT2D eigenvalue weighted by Gasteiger charge is -2.16. The fourth-order valence-electron chi connectivity index (χ4n) is 1.50. The molecule has 0 unspecified atom stereocenters. The molecule has 0 N–H and O–H groups in total. The van der Waals surface area contributed by atoms with Gasteiger partial charge in [0.1, 0.15) is 0 Å². The lowest BCUT2D eigenvalue weighted by Crippen LogP contribution is -2.24. The first-order valence-electron chi connectivity index (χ1n) is 4.27. The number of hydrogen-bond donors (Lipinski definition) is 0. The third kappa shape index (κ3) is 2.53. The van der Waals surface area contributed by atoms with Gasteiger partial charge in [0.2, 0.25) is 0 Å². The van der Waals surface area contributed by atoms with E-state index in [1.807, 2.05) is 6.08 Å². The molecule has 1 saturated heterocycles. The van der Waals surface area contributed by atoms with Crippen LogP contribution in [0.1, 0.15) is 25.7 Å². The average molecular weight is 139 g/mol. The second-order valence-corrected chi connectivity index (χ2v) is 3.00. The van der Waals surface area contributed by atoms with Gasteiger partial charge in [-0.05, 0) is 25.9 Å². The molecular formula is C9H17N. The van der Waals surface area contributed by atoms with Crippen LogP contribution in [0.15, 0.2) is 12.7 Å². The van der Waals surface area contributed by atoms with E-state index >= 15 is 0 Å². The first kappa shape index (κ1) is 7.80. The van der Waals surface area contributed by atoms with Crippen LogP contribution in [0.4, 0.5) is 0 Å². The average Bonchev–Trinajstić information content (AvgIpc) is 2.17. The lowest BCUT2D eigenvalue weighted by molar-refractivity contribution is 0.316. The normalized spacial score (nSPS) is 22.0. The molecule has 0 aromatic heterocycles. The number of nitrogens with zero attached hydrogens (tertiary/aromatic N) is 1. The Hall–Kier alpha value is -0.300. The van der Waals surface area contributed by atoms with E-state index in [0.717, 1.165) is 6.54 Å². The summed E-state index contributed by atoms with van der Waals surface area (Å²) in [4.78, 5) is 2.49. The molecule has 0 saturated carbocycles. The van der Waals surface area contributed by atoms with Crippen molar-refractivity contribution in [3.8, 4) is 0 Å². The van der Waals surface area contributed by atoms with Crippen molar-refractivity contribution in [1.82, 2.24) is 4.90 Å². The van der Waals surface area contributed by atoms with Crippen molar-refractivity contribution in [1.29, 1.82) is 0 Å². The second kappa shape index (κ2) is 4.51. The molecule has 0 bridgehead atoms. The molecule has 1 heteroatoms. The Labute approximate surface area is 63.7 Å². The molecular weight excluding hydrogens is 122 g/mol. The van der Waals surface area contributed by atoms with E-state index in [2.05, 4.69) is 11.5 Å². The maximum Gasteiger partial charge on any atom is 0.0160 e. The van der Waals surface area contributed by atoms with Crippen LogP contribution in [-0.4, -0.2) is 24.5 Å². The van der Waals surface area contributed by atoms with Crippen molar-refractivity contribution in [2.24, 2.45) is 0 Å². The minimum atomic E-state index is 1.08. The molecule has 1 rings (SSSR count). The Balaban J connectivity index is 2.21. The van der Waals surface area contributed by atoms with Gasteiger partial charge in [0, 0.05) is 6.54 Å². The van der Waals surface area contributed by atoms with Crippen molar-refractivity contribution in [3.63, 3.8) is 0 Å². The van der Waals surface area contributed by atoms with E-state index in [1.165, 1.54) is 38.8 Å². The van der Waals surface area contributed by atoms with Crippen LogP contribution in [-0.2, 0) is 0 Å². The highest BCUT2D eigenvalue weighted by Crippen LogP contribution is 2.08. The van der Waals surface area contributed by atoms with E-state index in [0.29, 0.717) is 0 Å². The maximum atomic E-state index is 3.74. The first-order valence-corrected chi connectivity index (χ1v) is 4.27. The molecule has 0 atom stereocenters. The second-order valence-electron chi connectivity index (χ2n) is 3.00. The summed E-state index contributed by atoms with van der Waals surface area (Å²) in [6.45, 7) is 7.39. The van der Waals surface area contributed by atoms with Gasteiger partial charge < -0.3 is 0 Å². The summed E-state index contributed by atoms with van der Waals surface area (Å²) in [6.07, 6.45) is 7.62. The van der Waals surface area contributed by atoms with Gasteiger partial charge in [0.15, 0.2) is 0 Å². The van der Waals surface area contributed by atoms with Gasteiger partial charge in [-0.25, -0.2) is 0 Å². The third-order valence-electron chi connectivity index (χ3n) is 2.09. The molecule has 0 aromatic carbocycles. The Kier molecular flexibility index (Phi) is 3.52. The maximum absolute atomic E-state index is 3.74. The predicted octanol–water partition coefficient (Wildman–Crippen LogP) is 2.05. The summed E-state index contributed by atoms with van der Waals surface area (Å²) >= 11 is 0. The van der Waals surface area contributed by atoms with Crippen LogP contribution < -0.4 is 0 Å². The minimum Gasteiger partial charge on any atom is -0.300 e. The zero-order valence-electron chi connectivity index (χ0n) is 6.68. The highest BCUT2D eigenvalue weighted by Gasteiger charge is 2.05. The van der Waals surface area contributed by atoms with Crippen LogP contribution in [0.25, 0.3) is 0 Å². The Bertz CT molecular complexity index is 90.9. The monoisotopic (exact) mass is 139 g/mol. The molecule has 1 aliphatic rings. The standard InChI is InChI=1S/C9H17N/c1-2-7-10-8-5-3-4-6-9-10/h2H,1,3-9H2. The van der Waals surface area contributed by atoms with E-state index in [9.17, 15) is 0 Å². The van der Waals surface area contributed by atoms with Crippen LogP contribution in [0.3, 0.4) is 0 Å². The van der Waals surface area contributed by atoms with E-state index in [1.54, 1.807) is 0 Å². The van der Waals surface area contributed by atoms with E-state index in [-0.39, 0.29) is 0 Å². The van der Waals surface area contributed by atoms with Crippen LogP contribution >= 0.6 is 0 Å². The fraction of sp³-hybridized carbons (Fsp3) is 0.778. The van der Waals surface area contributed by atoms with Crippen LogP contribution in [0.5, 0.6) is 0 Å². The SMILES string of the molecule is C=CCN1CCCCCC1. The van der Waals surface area contributed by atoms with Gasteiger partial charge in [-0.1, -0.05) is 18.9 Å². The van der Waals surface area contributed by atoms with Gasteiger partial charge in [0.25, 0.3) is 0 Å². The molecule has 1 heterocycles. The van der Waals surface area contributed by atoms with E-state index in [4.69, 9.17) is 0 Å². The van der Waals surface area contributed by atoms with Gasteiger partial charge in [-0.15, -0.1) is 6.58 Å². The van der Waals surface area contributed by atoms with E-state index < -0.39 is 0 Å². The highest BCUT2D eigenvalue weighted by atomic mass is 15.1. The largest absolute Gasteiger partial charge is 0.300 e. The molecule has 1 nitrogen and oxygen atoms in total. The third-order valence-corrected chi connectivity index (χ3v) is 2.09. The smallest absolute Gasteiger partial charge is 0.0160 e. The van der Waals surface area contributed by atoms with Gasteiger partial charge in [-0.3, -0.25) is 4.90 Å². The summed E-state index contributed by atoms with van der Waals surface area (Å²) in [6, 6.07) is 0. The van der Waals surface area contributed by atoms with Gasteiger partial charge in [0.05, 0.1) is 0 Å². The Morgan fingerprint density at radius 3 is 2.20 bits per heavy atom. The summed E-state index contributed by atoms with van der Waals surface area (Å²) in [5.41, 5.74) is 0. The van der Waals surface area contributed by atoms with Crippen LogP contribution in [0, 0.1) is 0 Å². The Morgan fingerprint density at radius 1 is 1.10 bits per heavy atom. The van der Waals surface area contributed by atoms with Gasteiger partial charge in [-0.2, -0.15) is 0 Å². The predicted molar refractivity (Wildman–Crippen MR) is 45.1 cm³/mol. The number of hydrogen-bond acceptors (Lipinski definition) is 1. The summed E-state index contributed by atoms with van der Waals surface area (Å²) < 4.78 is 0. The summed E-state index contributed by atoms with van der Waals surface area (Å²) in [5.74, 6) is 0. The van der Waals surface area contributed by atoms with Crippen molar-refractivity contribution in [2.45, 2.75) is 25.7 Å². The summed E-state index contributed by atoms with van der Waals surface area (Å²) in [7, 11) is 0. The lowest BCUT2D eigenvalue weighted by atomic mass is 10.2. The minimum absolute atomic E-state index is 1.08. The first-order chi connectivity index (χ1) is 4.93. The molecule has 0 amide bonds. The van der Waals surface area contributed by atoms with Gasteiger partial charge >= 0.3 is 0 Å². The molecule has 0 aliphatic carbocycles. The van der Waals surface area contributed by atoms with Crippen molar-refractivity contribution < 1.29 is 0 Å². The summed E-state index contributed by atoms with van der Waals surface area (Å²) in [5, 5.41) is 0. The molecule has 1 fully saturated rings. The highest BCUT2D eigenvalue weighted by molar-refractivity contribution is 4.74. The Morgan fingerprint density at radius 2 is 1.70 bits per heavy atom. The van der Waals surface area contributed by atoms with Crippen molar-refractivity contribution in [2.75, 3.05) is 19.6 Å².